The van der Waals surface area contributed by atoms with Crippen LogP contribution in [0.1, 0.15) is 34.3 Å². The third-order valence-electron chi connectivity index (χ3n) is 4.63. The highest BCUT2D eigenvalue weighted by Crippen LogP contribution is 2.48. The number of hydrogen-bond acceptors (Lipinski definition) is 4. The summed E-state index contributed by atoms with van der Waals surface area (Å²) in [6.45, 7) is 0.349. The van der Waals surface area contributed by atoms with Gasteiger partial charge < -0.3 is 14.8 Å². The van der Waals surface area contributed by atoms with Crippen molar-refractivity contribution in [1.29, 1.82) is 0 Å². The lowest BCUT2D eigenvalue weighted by Crippen LogP contribution is -2.34. The summed E-state index contributed by atoms with van der Waals surface area (Å²) in [7, 11) is 2.83. The molecule has 0 atom stereocenters. The minimum absolute atomic E-state index is 0.0223. The molecule has 2 aromatic carbocycles. The van der Waals surface area contributed by atoms with E-state index >= 15 is 0 Å². The van der Waals surface area contributed by atoms with E-state index in [1.165, 1.54) is 14.2 Å². The molecule has 0 radical (unpaired) electrons. The Bertz CT molecular complexity index is 782. The molecule has 0 spiro atoms. The van der Waals surface area contributed by atoms with Gasteiger partial charge in [-0.1, -0.05) is 36.4 Å². The second-order valence-corrected chi connectivity index (χ2v) is 6.16. The number of esters is 1. The summed E-state index contributed by atoms with van der Waals surface area (Å²) in [5, 5.41) is 2.99. The van der Waals surface area contributed by atoms with Crippen LogP contribution in [0.25, 0.3) is 0 Å². The Balaban J connectivity index is 1.72. The monoisotopic (exact) mass is 339 g/mol. The van der Waals surface area contributed by atoms with Crippen LogP contribution in [0.2, 0.25) is 0 Å². The predicted molar refractivity (Wildman–Crippen MR) is 93.5 cm³/mol. The highest BCUT2D eigenvalue weighted by atomic mass is 16.5. The maximum atomic E-state index is 12.7. The first-order valence-corrected chi connectivity index (χ1v) is 8.20. The molecule has 1 fully saturated rings. The molecule has 5 heteroatoms. The van der Waals surface area contributed by atoms with E-state index in [0.29, 0.717) is 17.9 Å². The quantitative estimate of drug-likeness (QED) is 0.822. The third-order valence-corrected chi connectivity index (χ3v) is 4.63. The average molecular weight is 339 g/mol. The van der Waals surface area contributed by atoms with Crippen molar-refractivity contribution in [3.8, 4) is 5.75 Å². The number of hydrogen-bond donors (Lipinski definition) is 1. The van der Waals surface area contributed by atoms with Crippen molar-refractivity contribution in [3.63, 3.8) is 0 Å². The van der Waals surface area contributed by atoms with Crippen LogP contribution in [-0.4, -0.2) is 26.1 Å². The second kappa shape index (κ2) is 6.97. The largest absolute Gasteiger partial charge is 0.496 e. The maximum Gasteiger partial charge on any atom is 0.341 e. The SMILES string of the molecule is COC(=O)c1cc(CNC(=O)C2(c3ccccc3)CC2)ccc1OC. The van der Waals surface area contributed by atoms with Crippen molar-refractivity contribution in [2.45, 2.75) is 24.8 Å². The van der Waals surface area contributed by atoms with E-state index < -0.39 is 11.4 Å². The van der Waals surface area contributed by atoms with Gasteiger partial charge in [0.2, 0.25) is 5.91 Å². The van der Waals surface area contributed by atoms with Crippen LogP contribution in [0.4, 0.5) is 0 Å². The Kier molecular flexibility index (Phi) is 4.74. The van der Waals surface area contributed by atoms with Crippen LogP contribution in [0.3, 0.4) is 0 Å². The average Bonchev–Trinajstić information content (AvgIpc) is 3.48. The Morgan fingerprint density at radius 3 is 2.40 bits per heavy atom. The molecule has 0 aliphatic heterocycles. The summed E-state index contributed by atoms with van der Waals surface area (Å²) in [5.74, 6) is 0.00647. The topological polar surface area (TPSA) is 64.6 Å². The van der Waals surface area contributed by atoms with E-state index in [2.05, 4.69) is 5.32 Å². The number of carbonyl (C=O) groups excluding carboxylic acids is 2. The molecule has 5 nitrogen and oxygen atoms in total. The normalized spacial score (nSPS) is 14.5. The highest BCUT2D eigenvalue weighted by Gasteiger charge is 2.50. The zero-order valence-electron chi connectivity index (χ0n) is 14.4. The van der Waals surface area contributed by atoms with E-state index in [1.807, 2.05) is 36.4 Å². The fourth-order valence-electron chi connectivity index (χ4n) is 3.02. The number of ether oxygens (including phenoxy) is 2. The number of carbonyl (C=O) groups is 2. The molecule has 1 saturated carbocycles. The van der Waals surface area contributed by atoms with Crippen LogP contribution in [0.5, 0.6) is 5.75 Å². The van der Waals surface area contributed by atoms with Crippen LogP contribution in [0.15, 0.2) is 48.5 Å². The van der Waals surface area contributed by atoms with Gasteiger partial charge >= 0.3 is 5.97 Å². The molecule has 0 bridgehead atoms. The van der Waals surface area contributed by atoms with Crippen molar-refractivity contribution in [2.75, 3.05) is 14.2 Å². The summed E-state index contributed by atoms with van der Waals surface area (Å²) in [6.07, 6.45) is 1.72. The van der Waals surface area contributed by atoms with Gasteiger partial charge in [-0.25, -0.2) is 4.79 Å². The molecule has 1 aliphatic rings. The summed E-state index contributed by atoms with van der Waals surface area (Å²) in [4.78, 5) is 24.5. The van der Waals surface area contributed by atoms with Gasteiger partial charge in [0.1, 0.15) is 11.3 Å². The molecular formula is C20H21NO4. The van der Waals surface area contributed by atoms with Gasteiger partial charge in [0, 0.05) is 6.54 Å². The van der Waals surface area contributed by atoms with Crippen molar-refractivity contribution in [1.82, 2.24) is 5.32 Å². The first kappa shape index (κ1) is 17.0. The standard InChI is InChI=1S/C20H21NO4/c1-24-17-9-8-14(12-16(17)18(22)25-2)13-21-19(23)20(10-11-20)15-6-4-3-5-7-15/h3-9,12H,10-11,13H2,1-2H3,(H,21,23). The smallest absolute Gasteiger partial charge is 0.341 e. The summed E-state index contributed by atoms with van der Waals surface area (Å²) in [6, 6.07) is 15.1. The van der Waals surface area contributed by atoms with E-state index in [1.54, 1.807) is 12.1 Å². The van der Waals surface area contributed by atoms with E-state index in [4.69, 9.17) is 9.47 Å². The lowest BCUT2D eigenvalue weighted by Gasteiger charge is -2.16. The molecule has 25 heavy (non-hydrogen) atoms. The third kappa shape index (κ3) is 3.36. The van der Waals surface area contributed by atoms with Crippen molar-refractivity contribution in [3.05, 3.63) is 65.2 Å². The Morgan fingerprint density at radius 2 is 1.80 bits per heavy atom. The Labute approximate surface area is 147 Å². The van der Waals surface area contributed by atoms with Gasteiger partial charge in [-0.2, -0.15) is 0 Å². The Morgan fingerprint density at radius 1 is 1.08 bits per heavy atom. The number of benzene rings is 2. The minimum Gasteiger partial charge on any atom is -0.496 e. The van der Waals surface area contributed by atoms with Crippen molar-refractivity contribution >= 4 is 11.9 Å². The minimum atomic E-state index is -0.465. The van der Waals surface area contributed by atoms with Crippen molar-refractivity contribution < 1.29 is 19.1 Å². The molecule has 0 saturated heterocycles. The number of nitrogens with one attached hydrogen (secondary N) is 1. The van der Waals surface area contributed by atoms with E-state index in [9.17, 15) is 9.59 Å². The molecule has 130 valence electrons. The molecule has 2 aromatic rings. The van der Waals surface area contributed by atoms with Crippen LogP contribution >= 0.6 is 0 Å². The van der Waals surface area contributed by atoms with E-state index in [-0.39, 0.29) is 5.91 Å². The maximum absolute atomic E-state index is 12.7. The number of rotatable bonds is 6. The molecular weight excluding hydrogens is 318 g/mol. The van der Waals surface area contributed by atoms with Crippen LogP contribution < -0.4 is 10.1 Å². The molecule has 0 unspecified atom stereocenters. The fourth-order valence-corrected chi connectivity index (χ4v) is 3.02. The van der Waals surface area contributed by atoms with Gasteiger partial charge in [-0.05, 0) is 36.1 Å². The van der Waals surface area contributed by atoms with Gasteiger partial charge in [0.25, 0.3) is 0 Å². The molecule has 1 N–H and O–H groups in total. The highest BCUT2D eigenvalue weighted by molar-refractivity contribution is 5.93. The van der Waals surface area contributed by atoms with E-state index in [0.717, 1.165) is 24.0 Å². The number of amides is 1. The fraction of sp³-hybridized carbons (Fsp3) is 0.300. The summed E-state index contributed by atoms with van der Waals surface area (Å²) in [5.41, 5.74) is 1.82. The van der Waals surface area contributed by atoms with Gasteiger partial charge in [0.05, 0.1) is 19.6 Å². The second-order valence-electron chi connectivity index (χ2n) is 6.16. The molecule has 0 aromatic heterocycles. The zero-order valence-corrected chi connectivity index (χ0v) is 14.4. The van der Waals surface area contributed by atoms with Gasteiger partial charge in [-0.3, -0.25) is 4.79 Å². The molecule has 0 heterocycles. The summed E-state index contributed by atoms with van der Waals surface area (Å²) >= 11 is 0. The van der Waals surface area contributed by atoms with Gasteiger partial charge in [0.15, 0.2) is 0 Å². The summed E-state index contributed by atoms with van der Waals surface area (Å²) < 4.78 is 9.96. The predicted octanol–water partition coefficient (Wildman–Crippen LogP) is 2.83. The van der Waals surface area contributed by atoms with Crippen molar-refractivity contribution in [2.24, 2.45) is 0 Å². The molecule has 1 aliphatic carbocycles. The Hall–Kier alpha value is -2.82. The first-order valence-electron chi connectivity index (χ1n) is 8.20. The zero-order chi connectivity index (χ0) is 17.9. The number of methoxy groups -OCH3 is 2. The molecule has 1 amide bonds. The molecule has 3 rings (SSSR count). The van der Waals surface area contributed by atoms with Crippen LogP contribution in [-0.2, 0) is 21.5 Å². The van der Waals surface area contributed by atoms with Gasteiger partial charge in [-0.15, -0.1) is 0 Å². The lowest BCUT2D eigenvalue weighted by atomic mass is 9.95. The van der Waals surface area contributed by atoms with Crippen LogP contribution in [0, 0.1) is 0 Å². The first-order chi connectivity index (χ1) is 12.1. The lowest BCUT2D eigenvalue weighted by molar-refractivity contribution is -0.123.